The van der Waals surface area contributed by atoms with Crippen molar-refractivity contribution in [2.75, 3.05) is 26.4 Å². The Kier molecular flexibility index (Phi) is 17.9. The molecule has 24 atom stereocenters. The lowest BCUT2D eigenvalue weighted by Gasteiger charge is -2.47. The van der Waals surface area contributed by atoms with E-state index in [9.17, 15) is 66.1 Å². The van der Waals surface area contributed by atoms with Crippen molar-refractivity contribution in [3.8, 4) is 0 Å². The molecule has 85 heavy (non-hydrogen) atoms. The van der Waals surface area contributed by atoms with Crippen molar-refractivity contribution in [2.24, 2.45) is 69.5 Å². The Bertz CT molecular complexity index is 3000. The maximum atomic E-state index is 15.2. The summed E-state index contributed by atoms with van der Waals surface area (Å²) in [7, 11) is 0. The van der Waals surface area contributed by atoms with Gasteiger partial charge in [-0.3, -0.25) is 19.2 Å². The zero-order valence-electron chi connectivity index (χ0n) is 49.7. The van der Waals surface area contributed by atoms with E-state index in [0.29, 0.717) is 22.3 Å². The molecular weight excluding hydrogens is 1100 g/mol. The van der Waals surface area contributed by atoms with Crippen LogP contribution in [0.4, 0.5) is 0 Å². The summed E-state index contributed by atoms with van der Waals surface area (Å²) >= 11 is 0. The van der Waals surface area contributed by atoms with E-state index < -0.39 is 184 Å². The number of fused-ring (bicyclic) bond motifs is 4. The summed E-state index contributed by atoms with van der Waals surface area (Å²) in [4.78, 5) is 60.4. The smallest absolute Gasteiger partial charge is 0.177 e. The first kappa shape index (κ1) is 64.9. The summed E-state index contributed by atoms with van der Waals surface area (Å²) in [6.07, 6.45) is 6.01. The number of hydrogen-bond donors (Lipinski definition) is 12. The Morgan fingerprint density at radius 1 is 0.435 bits per heavy atom. The second kappa shape index (κ2) is 23.4. The molecule has 0 aromatic carbocycles. The van der Waals surface area contributed by atoms with Gasteiger partial charge in [-0.1, -0.05) is 113 Å². The van der Waals surface area contributed by atoms with Crippen LogP contribution in [0.3, 0.4) is 0 Å². The maximum absolute atomic E-state index is 15.2. The molecule has 9 rings (SSSR count). The molecule has 4 fully saturated rings. The monoisotopic (exact) mass is 1190 g/mol. The quantitative estimate of drug-likeness (QED) is 0.179. The van der Waals surface area contributed by atoms with Crippen LogP contribution in [-0.4, -0.2) is 183 Å². The molecular formula is C65H86O20. The third-order valence-electron chi connectivity index (χ3n) is 21.1. The number of aliphatic hydroxyl groups is 12. The van der Waals surface area contributed by atoms with Gasteiger partial charge >= 0.3 is 0 Å². The molecule has 466 valence electrons. The molecule has 4 spiro atoms. The highest BCUT2D eigenvalue weighted by Crippen LogP contribution is 2.59. The molecule has 0 amide bonds. The van der Waals surface area contributed by atoms with Gasteiger partial charge in [0.05, 0.1) is 50.8 Å². The minimum absolute atomic E-state index is 0.0405. The normalized spacial score (nSPS) is 47.9. The SMILES string of the molecule is CC1=CC=CC2(C)C=C(CO)C(C)CC23OC(O)C(C3=O)C(O)C=CC2(C)C=C(CO)C(C)CC23OC(O)C(C3=O)C(O)C(C)=CC=CC2C=C(CO)C(C)CC23OC(O)C(C3=O)C(O)C=CC2(C)C=C(CO)C(C)CC23OC(O)C(C3=O)C1O. The summed E-state index contributed by atoms with van der Waals surface area (Å²) in [5, 5.41) is 137. The van der Waals surface area contributed by atoms with Crippen LogP contribution in [0.15, 0.2) is 119 Å². The topological polar surface area (TPSA) is 348 Å². The van der Waals surface area contributed by atoms with Gasteiger partial charge in [0.15, 0.2) is 48.3 Å². The number of rotatable bonds is 4. The first-order valence-corrected chi connectivity index (χ1v) is 29.6. The van der Waals surface area contributed by atoms with Gasteiger partial charge in [0.2, 0.25) is 0 Å². The predicted molar refractivity (Wildman–Crippen MR) is 305 cm³/mol. The Hall–Kier alpha value is -4.56. The average molecular weight is 1190 g/mol. The van der Waals surface area contributed by atoms with Crippen molar-refractivity contribution in [3.05, 3.63) is 119 Å². The van der Waals surface area contributed by atoms with Crippen LogP contribution in [-0.2, 0) is 38.1 Å². The molecule has 20 heteroatoms. The predicted octanol–water partition coefficient (Wildman–Crippen LogP) is 2.12. The van der Waals surface area contributed by atoms with Crippen molar-refractivity contribution in [1.29, 1.82) is 0 Å². The second-order valence-corrected chi connectivity index (χ2v) is 26.4. The molecule has 4 aliphatic heterocycles. The number of ketones is 4. The molecule has 8 bridgehead atoms. The van der Waals surface area contributed by atoms with Crippen LogP contribution in [0.1, 0.15) is 88.0 Å². The van der Waals surface area contributed by atoms with Gasteiger partial charge in [0.25, 0.3) is 0 Å². The van der Waals surface area contributed by atoms with E-state index in [1.165, 1.54) is 62.5 Å². The minimum Gasteiger partial charge on any atom is -0.392 e. The second-order valence-electron chi connectivity index (χ2n) is 26.4. The van der Waals surface area contributed by atoms with E-state index in [2.05, 4.69) is 0 Å². The number of ether oxygens (including phenoxy) is 4. The Labute approximate surface area is 495 Å². The Balaban J connectivity index is 1.17. The number of hydrogen-bond acceptors (Lipinski definition) is 20. The molecule has 0 aromatic rings. The molecule has 5 aliphatic carbocycles. The maximum Gasteiger partial charge on any atom is 0.177 e. The molecule has 4 saturated heterocycles. The van der Waals surface area contributed by atoms with E-state index in [0.717, 1.165) is 0 Å². The number of Topliss-reactive ketones (excluding diaryl/α,β-unsaturated/α-hetero) is 4. The fraction of sp³-hybridized carbons (Fsp3) is 0.631. The van der Waals surface area contributed by atoms with E-state index in [-0.39, 0.29) is 43.4 Å². The van der Waals surface area contributed by atoms with Gasteiger partial charge in [-0.05, 0) is 117 Å². The third kappa shape index (κ3) is 10.2. The van der Waals surface area contributed by atoms with Gasteiger partial charge in [-0.15, -0.1) is 0 Å². The van der Waals surface area contributed by atoms with Crippen LogP contribution in [0.5, 0.6) is 0 Å². The first-order chi connectivity index (χ1) is 39.8. The Morgan fingerprint density at radius 2 is 0.776 bits per heavy atom. The van der Waals surface area contributed by atoms with Crippen LogP contribution < -0.4 is 0 Å². The molecule has 0 aromatic heterocycles. The summed E-state index contributed by atoms with van der Waals surface area (Å²) in [5.41, 5.74) is -9.76. The zero-order valence-corrected chi connectivity index (χ0v) is 49.7. The summed E-state index contributed by atoms with van der Waals surface area (Å²) in [6.45, 7) is 13.3. The van der Waals surface area contributed by atoms with E-state index >= 15 is 14.4 Å². The first-order valence-electron chi connectivity index (χ1n) is 29.6. The molecule has 9 aliphatic rings. The number of aliphatic hydroxyl groups excluding tert-OH is 12. The number of allylic oxidation sites excluding steroid dienone is 4. The molecule has 20 nitrogen and oxygen atoms in total. The molecule has 12 N–H and O–H groups in total. The van der Waals surface area contributed by atoms with Crippen molar-refractivity contribution in [2.45, 2.75) is 160 Å². The number of carbonyl (C=O) groups excluding carboxylic acids is 4. The van der Waals surface area contributed by atoms with Crippen molar-refractivity contribution < 1.29 is 99.4 Å². The molecule has 24 unspecified atom stereocenters. The van der Waals surface area contributed by atoms with Crippen molar-refractivity contribution >= 4 is 23.1 Å². The van der Waals surface area contributed by atoms with Crippen LogP contribution in [0, 0.1) is 69.5 Å². The minimum atomic E-state index is -1.93. The van der Waals surface area contributed by atoms with E-state index in [4.69, 9.17) is 18.9 Å². The van der Waals surface area contributed by atoms with Gasteiger partial charge in [-0.2, -0.15) is 0 Å². The Morgan fingerprint density at radius 3 is 1.19 bits per heavy atom. The zero-order chi connectivity index (χ0) is 62.5. The van der Waals surface area contributed by atoms with Crippen LogP contribution in [0.2, 0.25) is 0 Å². The van der Waals surface area contributed by atoms with Gasteiger partial charge in [0, 0.05) is 22.2 Å². The van der Waals surface area contributed by atoms with Crippen molar-refractivity contribution in [1.82, 2.24) is 0 Å². The lowest BCUT2D eigenvalue weighted by atomic mass is 9.59. The number of carbonyl (C=O) groups is 4. The van der Waals surface area contributed by atoms with E-state index in [1.54, 1.807) is 84.9 Å². The van der Waals surface area contributed by atoms with Gasteiger partial charge in [-0.25, -0.2) is 0 Å². The molecule has 0 saturated carbocycles. The van der Waals surface area contributed by atoms with Crippen LogP contribution in [0.25, 0.3) is 0 Å². The lowest BCUT2D eigenvalue weighted by Crippen LogP contribution is -2.55. The highest BCUT2D eigenvalue weighted by Gasteiger charge is 2.69. The molecule has 4 heterocycles. The summed E-state index contributed by atoms with van der Waals surface area (Å²) < 4.78 is 25.1. The highest BCUT2D eigenvalue weighted by molar-refractivity contribution is 5.97. The van der Waals surface area contributed by atoms with Gasteiger partial charge in [0.1, 0.15) is 46.1 Å². The fourth-order valence-corrected chi connectivity index (χ4v) is 15.7. The molecule has 0 radical (unpaired) electrons. The third-order valence-corrected chi connectivity index (χ3v) is 21.1. The standard InChI is InChI=1S/C65H86O20/c1-32-12-10-14-42-20-38(28-66)34(3)21-62(42)51(74)45(55(78)82-62)43(70)15-18-60(8)26-40(30-68)37(6)24-65(60)54(77)48(58(81)85-65)50(73)33(2)13-11-17-59(7)25-39(29-67)35(4)22-63(59)52(75)46(56(79)83-63)44(71)16-19-61(9)27-41(31-69)36(5)23-64(61)53(76)47(49(32)72)57(80)84-64/h10-20,25-27,34-37,42-50,55-58,66-73,78-81H,21-24,28-31H2,1-9H3. The van der Waals surface area contributed by atoms with Gasteiger partial charge < -0.3 is 80.2 Å². The highest BCUT2D eigenvalue weighted by atomic mass is 16.6. The van der Waals surface area contributed by atoms with Crippen LogP contribution >= 0.6 is 0 Å². The average Bonchev–Trinajstić information content (AvgIpc) is 1.67. The fourth-order valence-electron chi connectivity index (χ4n) is 15.7. The lowest BCUT2D eigenvalue weighted by molar-refractivity contribution is -0.186. The summed E-state index contributed by atoms with van der Waals surface area (Å²) in [6, 6.07) is 0. The largest absolute Gasteiger partial charge is 0.392 e. The van der Waals surface area contributed by atoms with E-state index in [1.807, 2.05) is 0 Å². The summed E-state index contributed by atoms with van der Waals surface area (Å²) in [5.74, 6) is -12.1. The van der Waals surface area contributed by atoms with Crippen molar-refractivity contribution in [3.63, 3.8) is 0 Å².